The number of hydrogen-bond donors (Lipinski definition) is 1. The Morgan fingerprint density at radius 2 is 2.15 bits per heavy atom. The van der Waals surface area contributed by atoms with E-state index in [4.69, 9.17) is 4.42 Å². The van der Waals surface area contributed by atoms with Crippen molar-refractivity contribution in [3.8, 4) is 0 Å². The Morgan fingerprint density at radius 1 is 1.45 bits per heavy atom. The fraction of sp³-hybridized carbons (Fsp3) is 0.667. The van der Waals surface area contributed by atoms with E-state index in [1.54, 1.807) is 6.92 Å². The number of urea groups is 1. The van der Waals surface area contributed by atoms with Crippen LogP contribution < -0.4 is 5.32 Å². The minimum Gasteiger partial charge on any atom is -0.415 e. The first-order chi connectivity index (χ1) is 9.29. The molecule has 1 N–H and O–H groups in total. The molecule has 1 atom stereocenters. The van der Waals surface area contributed by atoms with Crippen LogP contribution in [0.2, 0.25) is 0 Å². The van der Waals surface area contributed by atoms with Gasteiger partial charge in [0, 0.05) is 18.5 Å². The third kappa shape index (κ3) is 3.12. The summed E-state index contributed by atoms with van der Waals surface area (Å²) in [6.07, 6.45) is 0. The molecule has 0 bridgehead atoms. The fourth-order valence-electron chi connectivity index (χ4n) is 1.66. The Balaban J connectivity index is 2.01. The van der Waals surface area contributed by atoms with Gasteiger partial charge in [-0.15, -0.1) is 10.2 Å². The second kappa shape index (κ2) is 5.43. The Kier molecular flexibility index (Phi) is 4.03. The van der Waals surface area contributed by atoms with Gasteiger partial charge in [0.15, 0.2) is 0 Å². The van der Waals surface area contributed by atoms with Gasteiger partial charge >= 0.3 is 6.03 Å². The summed E-state index contributed by atoms with van der Waals surface area (Å²) in [5.41, 5.74) is -0.228. The van der Waals surface area contributed by atoms with E-state index in [1.807, 2.05) is 20.8 Å². The highest BCUT2D eigenvalue weighted by molar-refractivity contribution is 8.00. The molecule has 2 heterocycles. The molecule has 1 aliphatic heterocycles. The minimum atomic E-state index is -0.452. The smallest absolute Gasteiger partial charge is 0.324 e. The first-order valence-corrected chi connectivity index (χ1v) is 7.27. The zero-order chi connectivity index (χ0) is 14.9. The quantitative estimate of drug-likeness (QED) is 0.849. The van der Waals surface area contributed by atoms with Crippen LogP contribution in [0.15, 0.2) is 9.64 Å². The van der Waals surface area contributed by atoms with E-state index in [0.717, 1.165) is 0 Å². The van der Waals surface area contributed by atoms with Crippen molar-refractivity contribution in [3.63, 3.8) is 0 Å². The molecule has 2 rings (SSSR count). The van der Waals surface area contributed by atoms with E-state index in [2.05, 4.69) is 15.5 Å². The lowest BCUT2D eigenvalue weighted by atomic mass is 9.97. The number of nitrogens with zero attached hydrogens (tertiary/aromatic N) is 3. The van der Waals surface area contributed by atoms with Gasteiger partial charge in [0.05, 0.1) is 5.25 Å². The average Bonchev–Trinajstić information content (AvgIpc) is 2.96. The zero-order valence-electron chi connectivity index (χ0n) is 12.0. The Hall–Kier alpha value is -1.57. The van der Waals surface area contributed by atoms with Gasteiger partial charge in [0.25, 0.3) is 5.22 Å². The second-order valence-corrected chi connectivity index (χ2v) is 6.90. The van der Waals surface area contributed by atoms with E-state index in [9.17, 15) is 9.59 Å². The highest BCUT2D eigenvalue weighted by Crippen LogP contribution is 2.27. The molecule has 1 aromatic rings. The monoisotopic (exact) mass is 298 g/mol. The van der Waals surface area contributed by atoms with Gasteiger partial charge in [-0.3, -0.25) is 9.69 Å². The SMILES string of the molecule is CC(Sc1nnc(C(C)(C)C)o1)C(=O)N1CCNC1=O. The molecule has 7 nitrogen and oxygen atoms in total. The molecule has 0 aliphatic carbocycles. The summed E-state index contributed by atoms with van der Waals surface area (Å²) in [6.45, 7) is 8.53. The van der Waals surface area contributed by atoms with Crippen molar-refractivity contribution >= 4 is 23.7 Å². The lowest BCUT2D eigenvalue weighted by molar-refractivity contribution is -0.126. The highest BCUT2D eigenvalue weighted by Gasteiger charge is 2.31. The molecular weight excluding hydrogens is 280 g/mol. The van der Waals surface area contributed by atoms with E-state index < -0.39 is 5.25 Å². The molecule has 0 saturated carbocycles. The number of carbonyl (C=O) groups excluding carboxylic acids is 2. The van der Waals surface area contributed by atoms with Gasteiger partial charge in [-0.25, -0.2) is 4.79 Å². The summed E-state index contributed by atoms with van der Waals surface area (Å²) < 4.78 is 5.53. The average molecular weight is 298 g/mol. The second-order valence-electron chi connectivity index (χ2n) is 5.61. The third-order valence-corrected chi connectivity index (χ3v) is 3.72. The number of aromatic nitrogens is 2. The summed E-state index contributed by atoms with van der Waals surface area (Å²) in [5.74, 6) is 0.277. The molecule has 20 heavy (non-hydrogen) atoms. The molecule has 8 heteroatoms. The predicted molar refractivity (Wildman–Crippen MR) is 73.4 cm³/mol. The predicted octanol–water partition coefficient (Wildman–Crippen LogP) is 1.40. The van der Waals surface area contributed by atoms with Crippen LogP contribution in [-0.2, 0) is 10.2 Å². The van der Waals surface area contributed by atoms with Crippen molar-refractivity contribution in [1.29, 1.82) is 0 Å². The summed E-state index contributed by atoms with van der Waals surface area (Å²) in [4.78, 5) is 24.8. The van der Waals surface area contributed by atoms with Crippen LogP contribution in [0.5, 0.6) is 0 Å². The van der Waals surface area contributed by atoms with Crippen LogP contribution in [0, 0.1) is 0 Å². The number of imide groups is 1. The molecule has 3 amide bonds. The van der Waals surface area contributed by atoms with Gasteiger partial charge in [0.1, 0.15) is 0 Å². The molecule has 1 fully saturated rings. The molecule has 1 aliphatic rings. The van der Waals surface area contributed by atoms with Gasteiger partial charge in [-0.05, 0) is 6.92 Å². The molecule has 1 unspecified atom stereocenters. The molecule has 0 aromatic carbocycles. The normalized spacial score (nSPS) is 17.2. The summed E-state index contributed by atoms with van der Waals surface area (Å²) in [7, 11) is 0. The van der Waals surface area contributed by atoms with Gasteiger partial charge in [-0.1, -0.05) is 32.5 Å². The maximum Gasteiger partial charge on any atom is 0.324 e. The number of carbonyl (C=O) groups is 2. The molecule has 1 aromatic heterocycles. The van der Waals surface area contributed by atoms with Crippen LogP contribution in [0.25, 0.3) is 0 Å². The number of thioether (sulfide) groups is 1. The molecular formula is C12H18N4O3S. The van der Waals surface area contributed by atoms with Gasteiger partial charge in [-0.2, -0.15) is 0 Å². The van der Waals surface area contributed by atoms with Crippen molar-refractivity contribution in [3.05, 3.63) is 5.89 Å². The lowest BCUT2D eigenvalue weighted by Gasteiger charge is -2.16. The van der Waals surface area contributed by atoms with E-state index in [0.29, 0.717) is 24.2 Å². The van der Waals surface area contributed by atoms with Crippen LogP contribution >= 0.6 is 11.8 Å². The number of nitrogens with one attached hydrogen (secondary N) is 1. The van der Waals surface area contributed by atoms with E-state index in [1.165, 1.54) is 16.7 Å². The van der Waals surface area contributed by atoms with Crippen molar-refractivity contribution in [2.75, 3.05) is 13.1 Å². The first-order valence-electron chi connectivity index (χ1n) is 6.39. The summed E-state index contributed by atoms with van der Waals surface area (Å²) >= 11 is 1.17. The minimum absolute atomic E-state index is 0.228. The fourth-order valence-corrected chi connectivity index (χ4v) is 2.41. The zero-order valence-corrected chi connectivity index (χ0v) is 12.8. The van der Waals surface area contributed by atoms with Crippen LogP contribution in [0.3, 0.4) is 0 Å². The Labute approximate surface area is 121 Å². The molecule has 1 saturated heterocycles. The number of amides is 3. The van der Waals surface area contributed by atoms with Gasteiger partial charge < -0.3 is 9.73 Å². The largest absolute Gasteiger partial charge is 0.415 e. The molecule has 0 spiro atoms. The van der Waals surface area contributed by atoms with Crippen molar-refractivity contribution in [1.82, 2.24) is 20.4 Å². The highest BCUT2D eigenvalue weighted by atomic mass is 32.2. The van der Waals surface area contributed by atoms with Crippen molar-refractivity contribution in [2.45, 2.75) is 43.6 Å². The Morgan fingerprint density at radius 3 is 2.65 bits per heavy atom. The van der Waals surface area contributed by atoms with E-state index in [-0.39, 0.29) is 17.4 Å². The Bertz CT molecular complexity index is 523. The lowest BCUT2D eigenvalue weighted by Crippen LogP contribution is -2.38. The van der Waals surface area contributed by atoms with Crippen LogP contribution in [0.4, 0.5) is 4.79 Å². The van der Waals surface area contributed by atoms with Crippen LogP contribution in [-0.4, -0.2) is 45.4 Å². The van der Waals surface area contributed by atoms with E-state index >= 15 is 0 Å². The maximum atomic E-state index is 12.1. The van der Waals surface area contributed by atoms with Crippen molar-refractivity contribution in [2.24, 2.45) is 0 Å². The topological polar surface area (TPSA) is 88.3 Å². The maximum absolute atomic E-state index is 12.1. The standard InChI is InChI=1S/C12H18N4O3S/c1-7(8(17)16-6-5-13-10(16)18)20-11-15-14-9(19-11)12(2,3)4/h7H,5-6H2,1-4H3,(H,13,18). The number of hydrogen-bond acceptors (Lipinski definition) is 6. The third-order valence-electron chi connectivity index (χ3n) is 2.80. The van der Waals surface area contributed by atoms with Crippen LogP contribution in [0.1, 0.15) is 33.6 Å². The van der Waals surface area contributed by atoms with Gasteiger partial charge in [0.2, 0.25) is 11.8 Å². The molecule has 0 radical (unpaired) electrons. The molecule has 110 valence electrons. The summed E-state index contributed by atoms with van der Waals surface area (Å²) in [6, 6.07) is -0.344. The van der Waals surface area contributed by atoms with Crippen molar-refractivity contribution < 1.29 is 14.0 Å². The number of rotatable bonds is 3. The first kappa shape index (κ1) is 14.8. The summed E-state index contributed by atoms with van der Waals surface area (Å²) in [5, 5.41) is 10.4.